The minimum absolute atomic E-state index is 0.231. The maximum absolute atomic E-state index is 10.6. The third kappa shape index (κ3) is 13.2. The highest BCUT2D eigenvalue weighted by atomic mass is 16.1. The number of ketones is 1. The van der Waals surface area contributed by atoms with Crippen LogP contribution in [0.2, 0.25) is 0 Å². The van der Waals surface area contributed by atoms with Crippen LogP contribution in [-0.4, -0.2) is 5.78 Å². The van der Waals surface area contributed by atoms with Gasteiger partial charge in [-0.15, -0.1) is 0 Å². The fourth-order valence-corrected chi connectivity index (χ4v) is 1.33. The number of carbonyl (C=O) groups excluding carboxylic acids is 1. The zero-order valence-electron chi connectivity index (χ0n) is 10.2. The van der Waals surface area contributed by atoms with Crippen LogP contribution in [0.1, 0.15) is 58.8 Å². The topological polar surface area (TPSA) is 17.1 Å². The van der Waals surface area contributed by atoms with E-state index in [2.05, 4.69) is 25.2 Å². The Hall–Kier alpha value is -0.850. The van der Waals surface area contributed by atoms with Crippen molar-refractivity contribution in [2.45, 2.75) is 58.8 Å². The van der Waals surface area contributed by atoms with Gasteiger partial charge in [0.25, 0.3) is 0 Å². The standard InChI is InChI=1S/C14H24O/c1-3-4-5-6-7-8-9-10-11-12-13-14(2)15/h8-9,11-12H,3-7,10,13H2,1-2H3. The van der Waals surface area contributed by atoms with Crippen LogP contribution < -0.4 is 0 Å². The highest BCUT2D eigenvalue weighted by Crippen LogP contribution is 2.03. The summed E-state index contributed by atoms with van der Waals surface area (Å²) in [5.74, 6) is 0.231. The monoisotopic (exact) mass is 208 g/mol. The van der Waals surface area contributed by atoms with E-state index in [9.17, 15) is 4.79 Å². The molecule has 86 valence electrons. The maximum Gasteiger partial charge on any atom is 0.133 e. The van der Waals surface area contributed by atoms with Crippen LogP contribution >= 0.6 is 0 Å². The van der Waals surface area contributed by atoms with Crippen molar-refractivity contribution in [1.82, 2.24) is 0 Å². The summed E-state index contributed by atoms with van der Waals surface area (Å²) >= 11 is 0. The van der Waals surface area contributed by atoms with Crippen LogP contribution in [0.15, 0.2) is 24.3 Å². The van der Waals surface area contributed by atoms with E-state index >= 15 is 0 Å². The van der Waals surface area contributed by atoms with Crippen molar-refractivity contribution < 1.29 is 4.79 Å². The van der Waals surface area contributed by atoms with Crippen LogP contribution in [0.4, 0.5) is 0 Å². The Labute approximate surface area is 94.3 Å². The van der Waals surface area contributed by atoms with Gasteiger partial charge in [-0.1, -0.05) is 50.5 Å². The largest absolute Gasteiger partial charge is 0.300 e. The van der Waals surface area contributed by atoms with Gasteiger partial charge < -0.3 is 0 Å². The Morgan fingerprint density at radius 3 is 2.40 bits per heavy atom. The summed E-state index contributed by atoms with van der Waals surface area (Å²) in [5.41, 5.74) is 0. The fourth-order valence-electron chi connectivity index (χ4n) is 1.33. The number of unbranched alkanes of at least 4 members (excludes halogenated alkanes) is 4. The molecule has 1 heteroatoms. The molecule has 0 aromatic rings. The Balaban J connectivity index is 3.23. The predicted molar refractivity (Wildman–Crippen MR) is 67.0 cm³/mol. The quantitative estimate of drug-likeness (QED) is 0.404. The lowest BCUT2D eigenvalue weighted by molar-refractivity contribution is -0.116. The fraction of sp³-hybridized carbons (Fsp3) is 0.643. The molecule has 0 N–H and O–H groups in total. The molecule has 0 rings (SSSR count). The third-order valence-corrected chi connectivity index (χ3v) is 2.24. The van der Waals surface area contributed by atoms with Gasteiger partial charge in [-0.3, -0.25) is 4.79 Å². The Morgan fingerprint density at radius 1 is 1.00 bits per heavy atom. The highest BCUT2D eigenvalue weighted by molar-refractivity contribution is 5.76. The van der Waals surface area contributed by atoms with Gasteiger partial charge in [0.15, 0.2) is 0 Å². The predicted octanol–water partition coefficient (Wildman–Crippen LogP) is 4.44. The van der Waals surface area contributed by atoms with Gasteiger partial charge in [0.05, 0.1) is 0 Å². The molecule has 0 aliphatic heterocycles. The van der Waals surface area contributed by atoms with Crippen LogP contribution in [0.25, 0.3) is 0 Å². The second-order valence-electron chi connectivity index (χ2n) is 3.93. The van der Waals surface area contributed by atoms with Gasteiger partial charge in [0.1, 0.15) is 5.78 Å². The lowest BCUT2D eigenvalue weighted by Crippen LogP contribution is -1.83. The first-order valence-corrected chi connectivity index (χ1v) is 6.06. The normalized spacial score (nSPS) is 11.6. The molecular weight excluding hydrogens is 184 g/mol. The number of hydrogen-bond acceptors (Lipinski definition) is 1. The highest BCUT2D eigenvalue weighted by Gasteiger charge is 1.85. The van der Waals surface area contributed by atoms with E-state index in [0.29, 0.717) is 6.42 Å². The average Bonchev–Trinajstić information content (AvgIpc) is 2.20. The van der Waals surface area contributed by atoms with E-state index < -0.39 is 0 Å². The molecule has 0 aromatic heterocycles. The summed E-state index contributed by atoms with van der Waals surface area (Å²) in [6, 6.07) is 0. The lowest BCUT2D eigenvalue weighted by atomic mass is 10.1. The number of carbonyl (C=O) groups is 1. The van der Waals surface area contributed by atoms with Crippen molar-refractivity contribution in [2.75, 3.05) is 0 Å². The molecule has 15 heavy (non-hydrogen) atoms. The molecule has 0 radical (unpaired) electrons. The second-order valence-corrected chi connectivity index (χ2v) is 3.93. The number of Topliss-reactive ketones (excluding diaryl/α,β-unsaturated/α-hetero) is 1. The van der Waals surface area contributed by atoms with Crippen molar-refractivity contribution in [3.05, 3.63) is 24.3 Å². The Bertz CT molecular complexity index is 201. The SMILES string of the molecule is CCCCCCC=CCC=CCC(C)=O. The molecule has 0 bridgehead atoms. The molecule has 0 atom stereocenters. The minimum Gasteiger partial charge on any atom is -0.300 e. The van der Waals surface area contributed by atoms with Crippen LogP contribution in [0.5, 0.6) is 0 Å². The van der Waals surface area contributed by atoms with Gasteiger partial charge in [-0.25, -0.2) is 0 Å². The van der Waals surface area contributed by atoms with Crippen molar-refractivity contribution in [3.63, 3.8) is 0 Å². The number of rotatable bonds is 9. The first-order valence-electron chi connectivity index (χ1n) is 6.06. The molecule has 0 saturated heterocycles. The summed E-state index contributed by atoms with van der Waals surface area (Å²) in [6.07, 6.45) is 16.5. The first-order chi connectivity index (χ1) is 7.27. The van der Waals surface area contributed by atoms with Crippen molar-refractivity contribution in [2.24, 2.45) is 0 Å². The van der Waals surface area contributed by atoms with E-state index in [4.69, 9.17) is 0 Å². The summed E-state index contributed by atoms with van der Waals surface area (Å²) in [6.45, 7) is 3.85. The summed E-state index contributed by atoms with van der Waals surface area (Å²) in [7, 11) is 0. The lowest BCUT2D eigenvalue weighted by Gasteiger charge is -1.93. The third-order valence-electron chi connectivity index (χ3n) is 2.24. The Morgan fingerprint density at radius 2 is 1.73 bits per heavy atom. The smallest absolute Gasteiger partial charge is 0.133 e. The van der Waals surface area contributed by atoms with Gasteiger partial charge >= 0.3 is 0 Å². The van der Waals surface area contributed by atoms with Crippen molar-refractivity contribution in [1.29, 1.82) is 0 Å². The van der Waals surface area contributed by atoms with E-state index in [1.807, 2.05) is 6.08 Å². The molecular formula is C14H24O. The van der Waals surface area contributed by atoms with E-state index in [0.717, 1.165) is 6.42 Å². The molecule has 0 fully saturated rings. The molecule has 0 saturated carbocycles. The molecule has 0 aromatic carbocycles. The zero-order chi connectivity index (χ0) is 11.4. The molecule has 0 amide bonds. The molecule has 0 heterocycles. The minimum atomic E-state index is 0.231. The van der Waals surface area contributed by atoms with Gasteiger partial charge in [-0.05, 0) is 26.2 Å². The second kappa shape index (κ2) is 11.2. The van der Waals surface area contributed by atoms with E-state index in [1.54, 1.807) is 6.92 Å². The molecule has 0 aliphatic rings. The van der Waals surface area contributed by atoms with E-state index in [1.165, 1.54) is 32.1 Å². The molecule has 0 aliphatic carbocycles. The summed E-state index contributed by atoms with van der Waals surface area (Å²) in [4.78, 5) is 10.6. The molecule has 1 nitrogen and oxygen atoms in total. The van der Waals surface area contributed by atoms with Crippen LogP contribution in [0, 0.1) is 0 Å². The molecule has 0 unspecified atom stereocenters. The molecule has 0 spiro atoms. The van der Waals surface area contributed by atoms with Gasteiger partial charge in [0, 0.05) is 6.42 Å². The average molecular weight is 208 g/mol. The van der Waals surface area contributed by atoms with Gasteiger partial charge in [-0.2, -0.15) is 0 Å². The van der Waals surface area contributed by atoms with Gasteiger partial charge in [0.2, 0.25) is 0 Å². The maximum atomic E-state index is 10.6. The Kier molecular flexibility index (Phi) is 10.6. The van der Waals surface area contributed by atoms with Crippen LogP contribution in [0.3, 0.4) is 0 Å². The first kappa shape index (κ1) is 14.2. The number of allylic oxidation sites excluding steroid dienone is 4. The number of hydrogen-bond donors (Lipinski definition) is 0. The summed E-state index contributed by atoms with van der Waals surface area (Å²) < 4.78 is 0. The zero-order valence-corrected chi connectivity index (χ0v) is 10.2. The summed E-state index contributed by atoms with van der Waals surface area (Å²) in [5, 5.41) is 0. The van der Waals surface area contributed by atoms with Crippen molar-refractivity contribution >= 4 is 5.78 Å². The van der Waals surface area contributed by atoms with Crippen LogP contribution in [-0.2, 0) is 4.79 Å². The van der Waals surface area contributed by atoms with E-state index in [-0.39, 0.29) is 5.78 Å². The van der Waals surface area contributed by atoms with Crippen molar-refractivity contribution in [3.8, 4) is 0 Å².